The number of nitrogens with zero attached hydrogens (tertiary/aromatic N) is 3. The third kappa shape index (κ3) is 3.35. The quantitative estimate of drug-likeness (QED) is 0.783. The van der Waals surface area contributed by atoms with Crippen LogP contribution < -0.4 is 0 Å². The number of esters is 1. The number of carbonyl (C=O) groups excluding carboxylic acids is 1. The number of aliphatic hydroxyl groups is 1. The number of ether oxygens (including phenoxy) is 1. The lowest BCUT2D eigenvalue weighted by Gasteiger charge is -2.41. The van der Waals surface area contributed by atoms with E-state index in [1.165, 1.54) is 6.33 Å². The summed E-state index contributed by atoms with van der Waals surface area (Å²) >= 11 is 5.97. The van der Waals surface area contributed by atoms with Crippen LogP contribution in [-0.2, 0) is 22.5 Å². The SMILES string of the molecule is CCOC(=O)C1(C)CCC(Cc2ccc(Cl)cc2)C1(O)Cn1cncn1. The van der Waals surface area contributed by atoms with Crippen LogP contribution in [0.5, 0.6) is 0 Å². The molecule has 0 spiro atoms. The van der Waals surface area contributed by atoms with Gasteiger partial charge in [-0.05, 0) is 56.7 Å². The van der Waals surface area contributed by atoms with Gasteiger partial charge < -0.3 is 9.84 Å². The largest absolute Gasteiger partial charge is 0.465 e. The first-order valence-electron chi connectivity index (χ1n) is 8.85. The predicted molar refractivity (Wildman–Crippen MR) is 97.6 cm³/mol. The standard InChI is InChI=1S/C19H24ClN3O3/c1-3-26-17(24)18(2)9-8-15(10-14-4-6-16(20)7-5-14)19(18,25)11-23-13-21-12-22-23/h4-7,12-13,15,25H,3,8-11H2,1-2H3. The van der Waals surface area contributed by atoms with Gasteiger partial charge in [0.05, 0.1) is 18.6 Å². The first-order valence-corrected chi connectivity index (χ1v) is 9.23. The fourth-order valence-corrected chi connectivity index (χ4v) is 4.10. The first kappa shape index (κ1) is 18.9. The van der Waals surface area contributed by atoms with E-state index < -0.39 is 11.0 Å². The van der Waals surface area contributed by atoms with Crippen molar-refractivity contribution in [2.45, 2.75) is 45.3 Å². The molecule has 0 bridgehead atoms. The van der Waals surface area contributed by atoms with Crippen LogP contribution >= 0.6 is 11.6 Å². The van der Waals surface area contributed by atoms with Crippen LogP contribution in [0.2, 0.25) is 5.02 Å². The van der Waals surface area contributed by atoms with E-state index in [1.807, 2.05) is 24.3 Å². The maximum atomic E-state index is 12.7. The number of benzene rings is 1. The highest BCUT2D eigenvalue weighted by Crippen LogP contribution is 2.52. The summed E-state index contributed by atoms with van der Waals surface area (Å²) in [5, 5.41) is 16.5. The zero-order valence-corrected chi connectivity index (χ0v) is 15.8. The van der Waals surface area contributed by atoms with Crippen LogP contribution in [0.25, 0.3) is 0 Å². The minimum absolute atomic E-state index is 0.109. The molecule has 1 saturated carbocycles. The van der Waals surface area contributed by atoms with E-state index in [9.17, 15) is 9.90 Å². The van der Waals surface area contributed by atoms with Gasteiger partial charge in [-0.15, -0.1) is 0 Å². The summed E-state index contributed by atoms with van der Waals surface area (Å²) in [7, 11) is 0. The summed E-state index contributed by atoms with van der Waals surface area (Å²) in [6.45, 7) is 4.05. The van der Waals surface area contributed by atoms with Crippen molar-refractivity contribution in [3.63, 3.8) is 0 Å². The Labute approximate surface area is 158 Å². The molecule has 1 aliphatic rings. The van der Waals surface area contributed by atoms with Gasteiger partial charge in [-0.2, -0.15) is 5.10 Å². The highest BCUT2D eigenvalue weighted by molar-refractivity contribution is 6.30. The molecule has 7 heteroatoms. The second-order valence-corrected chi connectivity index (χ2v) is 7.57. The summed E-state index contributed by atoms with van der Waals surface area (Å²) in [5.74, 6) is -0.469. The van der Waals surface area contributed by atoms with Crippen molar-refractivity contribution >= 4 is 17.6 Å². The van der Waals surface area contributed by atoms with E-state index in [0.717, 1.165) is 12.0 Å². The third-order valence-corrected chi connectivity index (χ3v) is 5.87. The fourth-order valence-electron chi connectivity index (χ4n) is 3.98. The van der Waals surface area contributed by atoms with Crippen molar-refractivity contribution < 1.29 is 14.6 Å². The van der Waals surface area contributed by atoms with Gasteiger partial charge in [0.15, 0.2) is 0 Å². The van der Waals surface area contributed by atoms with E-state index in [2.05, 4.69) is 10.1 Å². The summed E-state index contributed by atoms with van der Waals surface area (Å²) in [4.78, 5) is 16.7. The van der Waals surface area contributed by atoms with Crippen LogP contribution in [0.3, 0.4) is 0 Å². The van der Waals surface area contributed by atoms with Crippen molar-refractivity contribution in [1.82, 2.24) is 14.8 Å². The lowest BCUT2D eigenvalue weighted by Crippen LogP contribution is -2.54. The highest BCUT2D eigenvalue weighted by Gasteiger charge is 2.61. The minimum Gasteiger partial charge on any atom is -0.465 e. The monoisotopic (exact) mass is 377 g/mol. The third-order valence-electron chi connectivity index (χ3n) is 5.61. The number of carbonyl (C=O) groups is 1. The maximum absolute atomic E-state index is 12.7. The molecule has 2 aromatic rings. The van der Waals surface area contributed by atoms with Gasteiger partial charge in [0.2, 0.25) is 0 Å². The lowest BCUT2D eigenvalue weighted by atomic mass is 9.71. The number of aromatic nitrogens is 3. The van der Waals surface area contributed by atoms with E-state index in [1.54, 1.807) is 24.9 Å². The van der Waals surface area contributed by atoms with Crippen LogP contribution in [0, 0.1) is 11.3 Å². The molecule has 1 aromatic heterocycles. The van der Waals surface area contributed by atoms with Gasteiger partial charge in [0, 0.05) is 5.02 Å². The molecule has 1 aromatic carbocycles. The Bertz CT molecular complexity index is 750. The molecule has 140 valence electrons. The molecular formula is C19H24ClN3O3. The average Bonchev–Trinajstić information content (AvgIpc) is 3.20. The second-order valence-electron chi connectivity index (χ2n) is 7.14. The van der Waals surface area contributed by atoms with Crippen LogP contribution in [0.15, 0.2) is 36.9 Å². The Hall–Kier alpha value is -1.92. The Morgan fingerprint density at radius 3 is 2.77 bits per heavy atom. The smallest absolute Gasteiger partial charge is 0.314 e. The Morgan fingerprint density at radius 1 is 1.42 bits per heavy atom. The number of hydrogen-bond acceptors (Lipinski definition) is 5. The van der Waals surface area contributed by atoms with Gasteiger partial charge in [0.25, 0.3) is 0 Å². The molecule has 1 aliphatic carbocycles. The summed E-state index contributed by atoms with van der Waals surface area (Å²) in [6, 6.07) is 7.59. The van der Waals surface area contributed by atoms with E-state index >= 15 is 0 Å². The van der Waals surface area contributed by atoms with Gasteiger partial charge >= 0.3 is 5.97 Å². The summed E-state index contributed by atoms with van der Waals surface area (Å²) in [6.07, 6.45) is 4.92. The molecule has 1 heterocycles. The first-order chi connectivity index (χ1) is 12.4. The van der Waals surface area contributed by atoms with Crippen LogP contribution in [0.4, 0.5) is 0 Å². The number of halogens is 1. The zero-order valence-electron chi connectivity index (χ0n) is 15.1. The fraction of sp³-hybridized carbons (Fsp3) is 0.526. The normalized spacial score (nSPS) is 28.2. The van der Waals surface area contributed by atoms with Crippen LogP contribution in [-0.4, -0.2) is 38.0 Å². The molecule has 0 amide bonds. The Balaban J connectivity index is 1.92. The predicted octanol–water partition coefficient (Wildman–Crippen LogP) is 2.88. The Morgan fingerprint density at radius 2 is 2.15 bits per heavy atom. The highest BCUT2D eigenvalue weighted by atomic mass is 35.5. The van der Waals surface area contributed by atoms with Crippen molar-refractivity contribution in [1.29, 1.82) is 0 Å². The Kier molecular flexibility index (Phi) is 5.34. The minimum atomic E-state index is -1.29. The van der Waals surface area contributed by atoms with Gasteiger partial charge in [-0.3, -0.25) is 9.48 Å². The molecule has 6 nitrogen and oxygen atoms in total. The van der Waals surface area contributed by atoms with Gasteiger partial charge in [0.1, 0.15) is 18.3 Å². The molecule has 1 fully saturated rings. The molecule has 3 rings (SSSR count). The summed E-state index contributed by atoms with van der Waals surface area (Å²) < 4.78 is 6.88. The molecule has 3 unspecified atom stereocenters. The molecular weight excluding hydrogens is 354 g/mol. The van der Waals surface area contributed by atoms with Gasteiger partial charge in [-0.1, -0.05) is 23.7 Å². The maximum Gasteiger partial charge on any atom is 0.314 e. The van der Waals surface area contributed by atoms with Gasteiger partial charge in [-0.25, -0.2) is 4.98 Å². The molecule has 0 saturated heterocycles. The molecule has 0 radical (unpaired) electrons. The van der Waals surface area contributed by atoms with Crippen molar-refractivity contribution in [3.8, 4) is 0 Å². The molecule has 0 aliphatic heterocycles. The van der Waals surface area contributed by atoms with E-state index in [0.29, 0.717) is 17.9 Å². The van der Waals surface area contributed by atoms with E-state index in [-0.39, 0.29) is 25.0 Å². The average molecular weight is 378 g/mol. The van der Waals surface area contributed by atoms with Crippen LogP contribution in [0.1, 0.15) is 32.3 Å². The second kappa shape index (κ2) is 7.37. The molecule has 3 atom stereocenters. The topological polar surface area (TPSA) is 77.2 Å². The number of hydrogen-bond donors (Lipinski definition) is 1. The molecule has 1 N–H and O–H groups in total. The zero-order chi connectivity index (χ0) is 18.8. The van der Waals surface area contributed by atoms with E-state index in [4.69, 9.17) is 16.3 Å². The lowest BCUT2D eigenvalue weighted by molar-refractivity contribution is -0.175. The van der Waals surface area contributed by atoms with Crippen molar-refractivity contribution in [2.75, 3.05) is 6.61 Å². The summed E-state index contributed by atoms with van der Waals surface area (Å²) in [5.41, 5.74) is -1.21. The molecule has 26 heavy (non-hydrogen) atoms. The van der Waals surface area contributed by atoms with Crippen molar-refractivity contribution in [2.24, 2.45) is 11.3 Å². The number of rotatable bonds is 6. The van der Waals surface area contributed by atoms with Crippen molar-refractivity contribution in [3.05, 3.63) is 47.5 Å².